The molecule has 3 aromatic carbocycles. The van der Waals surface area contributed by atoms with E-state index in [-0.39, 0.29) is 17.1 Å². The first kappa shape index (κ1) is 18.4. The molecule has 0 bridgehead atoms. The number of Topliss-reactive ketones (excluding diaryl/α,β-unsaturated/α-hetero) is 1. The van der Waals surface area contributed by atoms with E-state index in [1.807, 2.05) is 60.7 Å². The molecular weight excluding hydrogens is 368 g/mol. The third kappa shape index (κ3) is 3.45. The van der Waals surface area contributed by atoms with Crippen molar-refractivity contribution in [3.05, 3.63) is 82.1 Å². The molecule has 4 rings (SSSR count). The Hall–Kier alpha value is -2.92. The first-order valence-corrected chi connectivity index (χ1v) is 10.2. The Balaban J connectivity index is 1.64. The number of hydrogen-bond donors (Lipinski definition) is 0. The second kappa shape index (κ2) is 7.60. The highest BCUT2D eigenvalue weighted by Crippen LogP contribution is 2.23. The highest BCUT2D eigenvalue weighted by atomic mass is 32.2. The highest BCUT2D eigenvalue weighted by molar-refractivity contribution is 7.99. The Kier molecular flexibility index (Phi) is 5.01. The topological polar surface area (TPSA) is 52.0 Å². The number of carbonyl (C=O) groups excluding carboxylic acids is 1. The molecule has 5 heteroatoms. The molecule has 0 fully saturated rings. The molecule has 0 aliphatic rings. The van der Waals surface area contributed by atoms with Crippen LogP contribution in [-0.4, -0.2) is 21.1 Å². The van der Waals surface area contributed by atoms with Crippen LogP contribution in [0.1, 0.15) is 22.8 Å². The smallest absolute Gasteiger partial charge is 0.261 e. The fourth-order valence-corrected chi connectivity index (χ4v) is 4.07. The minimum atomic E-state index is -0.0991. The van der Waals surface area contributed by atoms with E-state index in [1.165, 1.54) is 21.9 Å². The summed E-state index contributed by atoms with van der Waals surface area (Å²) < 4.78 is 1.52. The number of ketones is 1. The summed E-state index contributed by atoms with van der Waals surface area (Å²) in [7, 11) is 1.70. The Bertz CT molecular complexity index is 1240. The van der Waals surface area contributed by atoms with Crippen LogP contribution >= 0.6 is 11.8 Å². The van der Waals surface area contributed by atoms with E-state index in [9.17, 15) is 9.59 Å². The SMILES string of the molecule is CCc1ccc(C(=O)CSc2nc3cc4ccccc4cc3c(=O)n2C)cc1. The van der Waals surface area contributed by atoms with Gasteiger partial charge in [-0.1, -0.05) is 67.2 Å². The minimum absolute atomic E-state index is 0.0283. The maximum absolute atomic E-state index is 12.8. The summed E-state index contributed by atoms with van der Waals surface area (Å²) in [5, 5.41) is 3.19. The van der Waals surface area contributed by atoms with Crippen LogP contribution in [0.2, 0.25) is 0 Å². The van der Waals surface area contributed by atoms with Crippen molar-refractivity contribution < 1.29 is 4.79 Å². The lowest BCUT2D eigenvalue weighted by molar-refractivity contribution is 0.102. The molecule has 0 saturated heterocycles. The van der Waals surface area contributed by atoms with Gasteiger partial charge in [-0.3, -0.25) is 14.2 Å². The average molecular weight is 388 g/mol. The zero-order valence-electron chi connectivity index (χ0n) is 15.8. The van der Waals surface area contributed by atoms with E-state index >= 15 is 0 Å². The second-order valence-electron chi connectivity index (χ2n) is 6.74. The fraction of sp³-hybridized carbons (Fsp3) is 0.174. The van der Waals surface area contributed by atoms with E-state index in [4.69, 9.17) is 0 Å². The maximum Gasteiger partial charge on any atom is 0.261 e. The molecule has 0 saturated carbocycles. The molecule has 1 heterocycles. The van der Waals surface area contributed by atoms with Gasteiger partial charge in [0.15, 0.2) is 10.9 Å². The van der Waals surface area contributed by atoms with Crippen molar-refractivity contribution in [2.24, 2.45) is 7.05 Å². The molecule has 0 radical (unpaired) electrons. The number of rotatable bonds is 5. The number of fused-ring (bicyclic) bond motifs is 2. The number of nitrogens with zero attached hydrogens (tertiary/aromatic N) is 2. The first-order chi connectivity index (χ1) is 13.6. The minimum Gasteiger partial charge on any atom is -0.293 e. The molecule has 4 nitrogen and oxygen atoms in total. The molecule has 0 N–H and O–H groups in total. The van der Waals surface area contributed by atoms with Crippen LogP contribution in [0.25, 0.3) is 21.7 Å². The number of benzene rings is 3. The lowest BCUT2D eigenvalue weighted by atomic mass is 10.1. The van der Waals surface area contributed by atoms with Crippen LogP contribution in [0.5, 0.6) is 0 Å². The van der Waals surface area contributed by atoms with Gasteiger partial charge in [-0.2, -0.15) is 0 Å². The molecule has 0 aliphatic carbocycles. The largest absolute Gasteiger partial charge is 0.293 e. The molecule has 0 spiro atoms. The summed E-state index contributed by atoms with van der Waals surface area (Å²) in [6.07, 6.45) is 0.945. The van der Waals surface area contributed by atoms with Crippen LogP contribution in [-0.2, 0) is 13.5 Å². The molecule has 4 aromatic rings. The van der Waals surface area contributed by atoms with Crippen LogP contribution < -0.4 is 5.56 Å². The molecule has 140 valence electrons. The quantitative estimate of drug-likeness (QED) is 0.217. The number of carbonyl (C=O) groups is 1. The third-order valence-corrected chi connectivity index (χ3v) is 5.95. The van der Waals surface area contributed by atoms with Gasteiger partial charge in [0.05, 0.1) is 16.7 Å². The molecule has 0 amide bonds. The van der Waals surface area contributed by atoms with Crippen LogP contribution in [0.4, 0.5) is 0 Å². The number of aryl methyl sites for hydroxylation is 1. The van der Waals surface area contributed by atoms with Gasteiger partial charge >= 0.3 is 0 Å². The standard InChI is InChI=1S/C23H20N2O2S/c1-3-15-8-10-16(11-9-15)21(26)14-28-23-24-20-13-18-7-5-4-6-17(18)12-19(20)22(27)25(23)2/h4-13H,3,14H2,1-2H3. The van der Waals surface area contributed by atoms with E-state index in [2.05, 4.69) is 11.9 Å². The van der Waals surface area contributed by atoms with Crippen molar-refractivity contribution in [1.29, 1.82) is 0 Å². The van der Waals surface area contributed by atoms with Crippen molar-refractivity contribution in [3.8, 4) is 0 Å². The summed E-state index contributed by atoms with van der Waals surface area (Å²) in [5.41, 5.74) is 2.44. The van der Waals surface area contributed by atoms with E-state index in [1.54, 1.807) is 7.05 Å². The highest BCUT2D eigenvalue weighted by Gasteiger charge is 2.13. The van der Waals surface area contributed by atoms with Crippen molar-refractivity contribution in [3.63, 3.8) is 0 Å². The van der Waals surface area contributed by atoms with Crippen LogP contribution in [0.3, 0.4) is 0 Å². The molecule has 0 aliphatic heterocycles. The van der Waals surface area contributed by atoms with Gasteiger partial charge in [-0.15, -0.1) is 0 Å². The summed E-state index contributed by atoms with van der Waals surface area (Å²) in [6, 6.07) is 19.4. The van der Waals surface area contributed by atoms with Gasteiger partial charge in [0.1, 0.15) is 0 Å². The van der Waals surface area contributed by atoms with Crippen molar-refractivity contribution in [1.82, 2.24) is 9.55 Å². The number of aromatic nitrogens is 2. The zero-order chi connectivity index (χ0) is 19.7. The lowest BCUT2D eigenvalue weighted by Gasteiger charge is -2.09. The first-order valence-electron chi connectivity index (χ1n) is 9.21. The van der Waals surface area contributed by atoms with Gasteiger partial charge < -0.3 is 0 Å². The van der Waals surface area contributed by atoms with Crippen molar-refractivity contribution in [2.45, 2.75) is 18.5 Å². The summed E-state index contributed by atoms with van der Waals surface area (Å²) in [5.74, 6) is 0.269. The zero-order valence-corrected chi connectivity index (χ0v) is 16.6. The molecule has 0 atom stereocenters. The lowest BCUT2D eigenvalue weighted by Crippen LogP contribution is -2.20. The van der Waals surface area contributed by atoms with E-state index < -0.39 is 0 Å². The summed E-state index contributed by atoms with van der Waals surface area (Å²) >= 11 is 1.30. The predicted molar refractivity (Wildman–Crippen MR) is 115 cm³/mol. The van der Waals surface area contributed by atoms with Gasteiger partial charge in [0.2, 0.25) is 0 Å². The molecule has 0 unspecified atom stereocenters. The fourth-order valence-electron chi connectivity index (χ4n) is 3.21. The van der Waals surface area contributed by atoms with E-state index in [0.29, 0.717) is 21.6 Å². The normalized spacial score (nSPS) is 11.2. The predicted octanol–water partition coefficient (Wildman–Crippen LogP) is 4.62. The summed E-state index contributed by atoms with van der Waals surface area (Å²) in [6.45, 7) is 2.09. The summed E-state index contributed by atoms with van der Waals surface area (Å²) in [4.78, 5) is 30.0. The van der Waals surface area contributed by atoms with Gasteiger partial charge in [-0.25, -0.2) is 4.98 Å². The molecule has 1 aromatic heterocycles. The maximum atomic E-state index is 12.8. The van der Waals surface area contributed by atoms with Crippen LogP contribution in [0.15, 0.2) is 70.6 Å². The number of thioether (sulfide) groups is 1. The molecular formula is C23H20N2O2S. The average Bonchev–Trinajstić information content (AvgIpc) is 2.74. The van der Waals surface area contributed by atoms with E-state index in [0.717, 1.165) is 17.2 Å². The van der Waals surface area contributed by atoms with Gasteiger partial charge in [0, 0.05) is 12.6 Å². The molecule has 28 heavy (non-hydrogen) atoms. The Morgan fingerprint density at radius 2 is 1.71 bits per heavy atom. The van der Waals surface area contributed by atoms with Crippen LogP contribution in [0, 0.1) is 0 Å². The van der Waals surface area contributed by atoms with Crippen molar-refractivity contribution in [2.75, 3.05) is 5.75 Å². The van der Waals surface area contributed by atoms with Gasteiger partial charge in [0.25, 0.3) is 5.56 Å². The Labute approximate surface area is 167 Å². The Morgan fingerprint density at radius 1 is 1.04 bits per heavy atom. The Morgan fingerprint density at radius 3 is 2.39 bits per heavy atom. The second-order valence-corrected chi connectivity index (χ2v) is 7.68. The van der Waals surface area contributed by atoms with Gasteiger partial charge in [-0.05, 0) is 34.9 Å². The third-order valence-electron chi connectivity index (χ3n) is 4.92. The number of hydrogen-bond acceptors (Lipinski definition) is 4. The monoisotopic (exact) mass is 388 g/mol. The van der Waals surface area contributed by atoms with Crippen molar-refractivity contribution >= 4 is 39.2 Å².